The van der Waals surface area contributed by atoms with Crippen LogP contribution in [0.4, 0.5) is 4.39 Å². The second-order valence-electron chi connectivity index (χ2n) is 4.67. The molecular formula is C14H20FNO3. The Kier molecular flexibility index (Phi) is 5.92. The molecule has 5 heteroatoms. The zero-order valence-electron chi connectivity index (χ0n) is 11.5. The molecule has 0 heterocycles. The predicted octanol–water partition coefficient (Wildman–Crippen LogP) is 1.81. The van der Waals surface area contributed by atoms with E-state index in [1.807, 2.05) is 11.9 Å². The third-order valence-electron chi connectivity index (χ3n) is 2.85. The van der Waals surface area contributed by atoms with E-state index in [-0.39, 0.29) is 11.7 Å². The zero-order chi connectivity index (χ0) is 14.4. The molecule has 0 aromatic heterocycles. The first-order chi connectivity index (χ1) is 8.93. The maximum atomic E-state index is 13.2. The Hall–Kier alpha value is -1.46. The molecule has 0 aliphatic heterocycles. The molecule has 0 saturated carbocycles. The molecule has 0 fully saturated rings. The van der Waals surface area contributed by atoms with Crippen molar-refractivity contribution < 1.29 is 19.0 Å². The first-order valence-electron chi connectivity index (χ1n) is 6.17. The summed E-state index contributed by atoms with van der Waals surface area (Å²) in [6.45, 7) is 2.92. The van der Waals surface area contributed by atoms with Crippen LogP contribution in [0.3, 0.4) is 0 Å². The summed E-state index contributed by atoms with van der Waals surface area (Å²) in [7, 11) is 3.15. The summed E-state index contributed by atoms with van der Waals surface area (Å²) in [4.78, 5) is 13.6. The largest absolute Gasteiger partial charge is 0.465 e. The van der Waals surface area contributed by atoms with Gasteiger partial charge in [-0.25, -0.2) is 9.18 Å². The molecule has 1 unspecified atom stereocenters. The van der Waals surface area contributed by atoms with Gasteiger partial charge in [-0.1, -0.05) is 6.07 Å². The lowest BCUT2D eigenvalue weighted by Gasteiger charge is -2.19. The molecule has 0 aliphatic rings. The molecule has 1 aromatic carbocycles. The average Bonchev–Trinajstić information content (AvgIpc) is 2.37. The van der Waals surface area contributed by atoms with Gasteiger partial charge < -0.3 is 14.7 Å². The van der Waals surface area contributed by atoms with Crippen LogP contribution < -0.4 is 0 Å². The third-order valence-corrected chi connectivity index (χ3v) is 2.85. The van der Waals surface area contributed by atoms with E-state index in [9.17, 15) is 14.3 Å². The number of hydrogen-bond acceptors (Lipinski definition) is 4. The van der Waals surface area contributed by atoms with Crippen LogP contribution in [-0.4, -0.2) is 42.8 Å². The normalized spacial score (nSPS) is 12.5. The number of halogens is 1. The Labute approximate surface area is 112 Å². The van der Waals surface area contributed by atoms with Gasteiger partial charge in [-0.2, -0.15) is 0 Å². The topological polar surface area (TPSA) is 49.8 Å². The maximum Gasteiger partial charge on any atom is 0.338 e. The van der Waals surface area contributed by atoms with Gasteiger partial charge in [-0.05, 0) is 38.1 Å². The lowest BCUT2D eigenvalue weighted by Crippen LogP contribution is -2.23. The maximum absolute atomic E-state index is 13.2. The Balaban J connectivity index is 2.79. The highest BCUT2D eigenvalue weighted by molar-refractivity contribution is 5.91. The molecule has 0 aliphatic carbocycles. The minimum Gasteiger partial charge on any atom is -0.465 e. The van der Waals surface area contributed by atoms with Gasteiger partial charge in [-0.15, -0.1) is 0 Å². The fraction of sp³-hybridized carbons (Fsp3) is 0.500. The molecule has 1 atom stereocenters. The lowest BCUT2D eigenvalue weighted by molar-refractivity contribution is 0.0597. The van der Waals surface area contributed by atoms with Crippen LogP contribution in [0.2, 0.25) is 0 Å². The molecule has 4 nitrogen and oxygen atoms in total. The summed E-state index contributed by atoms with van der Waals surface area (Å²) in [5.41, 5.74) is 0.952. The number of carbonyl (C=O) groups is 1. The van der Waals surface area contributed by atoms with Crippen molar-refractivity contribution in [2.24, 2.45) is 0 Å². The second-order valence-corrected chi connectivity index (χ2v) is 4.67. The van der Waals surface area contributed by atoms with E-state index in [2.05, 4.69) is 4.74 Å². The van der Waals surface area contributed by atoms with Crippen molar-refractivity contribution in [2.75, 3.05) is 20.7 Å². The smallest absolute Gasteiger partial charge is 0.338 e. The van der Waals surface area contributed by atoms with Gasteiger partial charge in [0.2, 0.25) is 0 Å². The van der Waals surface area contributed by atoms with Crippen molar-refractivity contribution in [2.45, 2.75) is 26.0 Å². The lowest BCUT2D eigenvalue weighted by atomic mass is 10.1. The van der Waals surface area contributed by atoms with Gasteiger partial charge in [0.25, 0.3) is 0 Å². The minimum absolute atomic E-state index is 0.242. The Morgan fingerprint density at radius 1 is 1.53 bits per heavy atom. The van der Waals surface area contributed by atoms with E-state index in [1.165, 1.54) is 19.2 Å². The first-order valence-corrected chi connectivity index (χ1v) is 6.17. The fourth-order valence-corrected chi connectivity index (χ4v) is 1.76. The summed E-state index contributed by atoms with van der Waals surface area (Å²) >= 11 is 0. The summed E-state index contributed by atoms with van der Waals surface area (Å²) < 4.78 is 17.8. The van der Waals surface area contributed by atoms with Crippen LogP contribution in [-0.2, 0) is 11.3 Å². The van der Waals surface area contributed by atoms with Crippen molar-refractivity contribution in [1.29, 1.82) is 0 Å². The highest BCUT2D eigenvalue weighted by Crippen LogP contribution is 2.15. The highest BCUT2D eigenvalue weighted by atomic mass is 19.1. The monoisotopic (exact) mass is 269 g/mol. The van der Waals surface area contributed by atoms with E-state index < -0.39 is 11.8 Å². The van der Waals surface area contributed by atoms with Crippen LogP contribution in [0.5, 0.6) is 0 Å². The van der Waals surface area contributed by atoms with E-state index >= 15 is 0 Å². The number of hydrogen-bond donors (Lipinski definition) is 1. The van der Waals surface area contributed by atoms with E-state index in [0.717, 1.165) is 0 Å². The van der Waals surface area contributed by atoms with E-state index in [0.29, 0.717) is 25.1 Å². The minimum atomic E-state index is -0.543. The molecule has 1 aromatic rings. The Bertz CT molecular complexity index is 435. The SMILES string of the molecule is COC(=O)c1cc(F)ccc1CN(C)CCC(C)O. The summed E-state index contributed by atoms with van der Waals surface area (Å²) in [5, 5.41) is 9.23. The fourth-order valence-electron chi connectivity index (χ4n) is 1.76. The van der Waals surface area contributed by atoms with Crippen LogP contribution in [0.1, 0.15) is 29.3 Å². The molecule has 0 spiro atoms. The number of aliphatic hydroxyl groups is 1. The van der Waals surface area contributed by atoms with Gasteiger partial charge in [0.15, 0.2) is 0 Å². The average molecular weight is 269 g/mol. The van der Waals surface area contributed by atoms with Crippen molar-refractivity contribution in [1.82, 2.24) is 4.90 Å². The van der Waals surface area contributed by atoms with Crippen LogP contribution in [0.25, 0.3) is 0 Å². The highest BCUT2D eigenvalue weighted by Gasteiger charge is 2.14. The first kappa shape index (κ1) is 15.6. The molecule has 0 bridgehead atoms. The Morgan fingerprint density at radius 2 is 2.21 bits per heavy atom. The van der Waals surface area contributed by atoms with Crippen molar-refractivity contribution in [3.05, 3.63) is 35.1 Å². The molecular weight excluding hydrogens is 249 g/mol. The molecule has 0 amide bonds. The zero-order valence-corrected chi connectivity index (χ0v) is 11.5. The van der Waals surface area contributed by atoms with Crippen molar-refractivity contribution >= 4 is 5.97 Å². The number of benzene rings is 1. The standard InChI is InChI=1S/C14H20FNO3/c1-10(17)6-7-16(2)9-11-4-5-12(15)8-13(11)14(18)19-3/h4-5,8,10,17H,6-7,9H2,1-3H3. The quantitative estimate of drug-likeness (QED) is 0.800. The third kappa shape index (κ3) is 4.96. The van der Waals surface area contributed by atoms with Gasteiger partial charge in [-0.3, -0.25) is 0 Å². The van der Waals surface area contributed by atoms with Gasteiger partial charge >= 0.3 is 5.97 Å². The molecule has 0 radical (unpaired) electrons. The van der Waals surface area contributed by atoms with E-state index in [1.54, 1.807) is 13.0 Å². The molecule has 19 heavy (non-hydrogen) atoms. The van der Waals surface area contributed by atoms with Gasteiger partial charge in [0.1, 0.15) is 5.82 Å². The number of aliphatic hydroxyl groups excluding tert-OH is 1. The number of methoxy groups -OCH3 is 1. The van der Waals surface area contributed by atoms with Crippen molar-refractivity contribution in [3.8, 4) is 0 Å². The summed E-state index contributed by atoms with van der Waals surface area (Å²) in [5.74, 6) is -1.01. The van der Waals surface area contributed by atoms with Crippen LogP contribution >= 0.6 is 0 Å². The number of ether oxygens (including phenoxy) is 1. The van der Waals surface area contributed by atoms with Gasteiger partial charge in [0, 0.05) is 13.1 Å². The molecule has 1 N–H and O–H groups in total. The van der Waals surface area contributed by atoms with Crippen LogP contribution in [0, 0.1) is 5.82 Å². The number of nitrogens with zero attached hydrogens (tertiary/aromatic N) is 1. The second kappa shape index (κ2) is 7.21. The molecule has 106 valence electrons. The number of esters is 1. The van der Waals surface area contributed by atoms with Crippen LogP contribution in [0.15, 0.2) is 18.2 Å². The van der Waals surface area contributed by atoms with Gasteiger partial charge in [0.05, 0.1) is 18.8 Å². The summed E-state index contributed by atoms with van der Waals surface area (Å²) in [6.07, 6.45) is 0.279. The van der Waals surface area contributed by atoms with Crippen molar-refractivity contribution in [3.63, 3.8) is 0 Å². The Morgan fingerprint density at radius 3 is 2.79 bits per heavy atom. The molecule has 0 saturated heterocycles. The predicted molar refractivity (Wildman–Crippen MR) is 70.4 cm³/mol. The summed E-state index contributed by atoms with van der Waals surface area (Å²) in [6, 6.07) is 4.09. The number of carbonyl (C=O) groups excluding carboxylic acids is 1. The van der Waals surface area contributed by atoms with E-state index in [4.69, 9.17) is 0 Å². The molecule has 1 rings (SSSR count). The number of rotatable bonds is 6.